The first kappa shape index (κ1) is 16.2. The van der Waals surface area contributed by atoms with E-state index in [-0.39, 0.29) is 18.5 Å². The molecule has 0 unspecified atom stereocenters. The lowest BCUT2D eigenvalue weighted by atomic mass is 10.2. The van der Waals surface area contributed by atoms with Crippen molar-refractivity contribution in [3.8, 4) is 5.88 Å². The van der Waals surface area contributed by atoms with Crippen LogP contribution >= 0.6 is 0 Å². The molecule has 0 aliphatic carbocycles. The van der Waals surface area contributed by atoms with Gasteiger partial charge in [0.05, 0.1) is 6.10 Å². The maximum Gasteiger partial charge on any atom is 0.383 e. The van der Waals surface area contributed by atoms with Gasteiger partial charge in [-0.05, 0) is 19.9 Å². The van der Waals surface area contributed by atoms with Gasteiger partial charge in [0.2, 0.25) is 5.88 Å². The fraction of sp³-hybridized carbons (Fsp3) is 0.500. The highest BCUT2D eigenvalue weighted by atomic mass is 19.3. The van der Waals surface area contributed by atoms with E-state index in [9.17, 15) is 22.4 Å². The number of pyridine rings is 1. The highest BCUT2D eigenvalue weighted by Crippen LogP contribution is 2.23. The van der Waals surface area contributed by atoms with Gasteiger partial charge in [0.25, 0.3) is 5.91 Å². The zero-order valence-electron chi connectivity index (χ0n) is 10.9. The Balaban J connectivity index is 2.73. The third-order valence-corrected chi connectivity index (χ3v) is 2.21. The Morgan fingerprint density at radius 2 is 2.10 bits per heavy atom. The SMILES string of the molecule is CC(C)Oc1ncccc1CNC(=O)C(F)(F)C(F)F. The van der Waals surface area contributed by atoms with Gasteiger partial charge in [-0.3, -0.25) is 4.79 Å². The van der Waals surface area contributed by atoms with Crippen molar-refractivity contribution in [1.82, 2.24) is 10.3 Å². The smallest absolute Gasteiger partial charge is 0.383 e. The fourth-order valence-corrected chi connectivity index (χ4v) is 1.28. The van der Waals surface area contributed by atoms with Crippen LogP contribution in [0.2, 0.25) is 0 Å². The highest BCUT2D eigenvalue weighted by Gasteiger charge is 2.48. The van der Waals surface area contributed by atoms with E-state index in [4.69, 9.17) is 4.74 Å². The van der Waals surface area contributed by atoms with Crippen LogP contribution in [0, 0.1) is 0 Å². The molecule has 0 radical (unpaired) electrons. The van der Waals surface area contributed by atoms with E-state index in [1.54, 1.807) is 19.2 Å². The van der Waals surface area contributed by atoms with Crippen LogP contribution in [0.25, 0.3) is 0 Å². The van der Waals surface area contributed by atoms with Gasteiger partial charge >= 0.3 is 12.3 Å². The molecule has 112 valence electrons. The van der Waals surface area contributed by atoms with Gasteiger partial charge in [-0.1, -0.05) is 6.07 Å². The van der Waals surface area contributed by atoms with Crippen molar-refractivity contribution in [2.75, 3.05) is 0 Å². The molecule has 1 heterocycles. The third-order valence-electron chi connectivity index (χ3n) is 2.21. The van der Waals surface area contributed by atoms with Gasteiger partial charge in [-0.15, -0.1) is 0 Å². The molecule has 0 aliphatic rings. The summed E-state index contributed by atoms with van der Waals surface area (Å²) in [5.41, 5.74) is 0.319. The number of carbonyl (C=O) groups excluding carboxylic acids is 1. The number of rotatable bonds is 6. The number of amides is 1. The van der Waals surface area contributed by atoms with E-state index in [0.717, 1.165) is 0 Å². The Hall–Kier alpha value is -1.86. The molecule has 0 spiro atoms. The average molecular weight is 294 g/mol. The van der Waals surface area contributed by atoms with Crippen LogP contribution in [0.15, 0.2) is 18.3 Å². The molecular formula is C12H14F4N2O2. The van der Waals surface area contributed by atoms with Gasteiger partial charge in [-0.25, -0.2) is 13.8 Å². The Bertz CT molecular complexity index is 467. The van der Waals surface area contributed by atoms with Crippen LogP contribution in [0.1, 0.15) is 19.4 Å². The first-order chi connectivity index (χ1) is 9.25. The maximum atomic E-state index is 12.7. The number of hydrogen-bond donors (Lipinski definition) is 1. The van der Waals surface area contributed by atoms with E-state index in [2.05, 4.69) is 4.98 Å². The Labute approximate surface area is 113 Å². The predicted octanol–water partition coefficient (Wildman–Crippen LogP) is 2.39. The first-order valence-electron chi connectivity index (χ1n) is 5.80. The molecule has 4 nitrogen and oxygen atoms in total. The van der Waals surface area contributed by atoms with Crippen molar-refractivity contribution < 1.29 is 27.1 Å². The Morgan fingerprint density at radius 3 is 2.65 bits per heavy atom. The zero-order chi connectivity index (χ0) is 15.3. The lowest BCUT2D eigenvalue weighted by molar-refractivity contribution is -0.169. The number of nitrogens with zero attached hydrogens (tertiary/aromatic N) is 1. The molecule has 1 N–H and O–H groups in total. The van der Waals surface area contributed by atoms with Gasteiger partial charge in [0.15, 0.2) is 0 Å². The number of hydrogen-bond acceptors (Lipinski definition) is 3. The highest BCUT2D eigenvalue weighted by molar-refractivity contribution is 5.83. The Kier molecular flexibility index (Phi) is 5.29. The number of alkyl halides is 4. The average Bonchev–Trinajstić information content (AvgIpc) is 2.36. The molecule has 0 atom stereocenters. The molecule has 1 amide bonds. The summed E-state index contributed by atoms with van der Waals surface area (Å²) in [7, 11) is 0. The van der Waals surface area contributed by atoms with E-state index in [1.807, 2.05) is 0 Å². The second kappa shape index (κ2) is 6.53. The minimum absolute atomic E-state index is 0.156. The summed E-state index contributed by atoms with van der Waals surface area (Å²) in [5.74, 6) is -6.60. The van der Waals surface area contributed by atoms with Crippen molar-refractivity contribution in [2.45, 2.75) is 38.8 Å². The van der Waals surface area contributed by atoms with Crippen molar-refractivity contribution in [3.63, 3.8) is 0 Å². The van der Waals surface area contributed by atoms with E-state index in [0.29, 0.717) is 5.56 Å². The molecule has 0 saturated heterocycles. The van der Waals surface area contributed by atoms with Crippen molar-refractivity contribution in [2.24, 2.45) is 0 Å². The third kappa shape index (κ3) is 4.07. The normalized spacial score (nSPS) is 11.8. The number of aromatic nitrogens is 1. The maximum absolute atomic E-state index is 12.7. The molecule has 0 fully saturated rings. The molecule has 8 heteroatoms. The van der Waals surface area contributed by atoms with Gasteiger partial charge in [-0.2, -0.15) is 8.78 Å². The fourth-order valence-electron chi connectivity index (χ4n) is 1.28. The number of carbonyl (C=O) groups is 1. The molecule has 0 aliphatic heterocycles. The van der Waals surface area contributed by atoms with Gasteiger partial charge in [0.1, 0.15) is 0 Å². The van der Waals surface area contributed by atoms with Crippen LogP contribution in [-0.4, -0.2) is 29.3 Å². The van der Waals surface area contributed by atoms with Crippen LogP contribution in [0.3, 0.4) is 0 Å². The molecule has 0 bridgehead atoms. The summed E-state index contributed by atoms with van der Waals surface area (Å²) in [6, 6.07) is 3.01. The Morgan fingerprint density at radius 1 is 1.45 bits per heavy atom. The van der Waals surface area contributed by atoms with Crippen molar-refractivity contribution in [1.29, 1.82) is 0 Å². The van der Waals surface area contributed by atoms with Crippen LogP contribution in [0.5, 0.6) is 5.88 Å². The van der Waals surface area contributed by atoms with Crippen LogP contribution in [-0.2, 0) is 11.3 Å². The molecule has 20 heavy (non-hydrogen) atoms. The molecule has 1 rings (SSSR count). The summed E-state index contributed by atoms with van der Waals surface area (Å²) < 4.78 is 54.8. The second-order valence-corrected chi connectivity index (χ2v) is 4.24. The van der Waals surface area contributed by atoms with Crippen LogP contribution in [0.4, 0.5) is 17.6 Å². The molecule has 1 aromatic rings. The van der Waals surface area contributed by atoms with Crippen molar-refractivity contribution in [3.05, 3.63) is 23.9 Å². The lowest BCUT2D eigenvalue weighted by Crippen LogP contribution is -2.44. The monoisotopic (exact) mass is 294 g/mol. The number of halogens is 4. The molecule has 1 aromatic heterocycles. The lowest BCUT2D eigenvalue weighted by Gasteiger charge is -2.16. The molecular weight excluding hydrogens is 280 g/mol. The minimum atomic E-state index is -4.72. The molecule has 0 aromatic carbocycles. The quantitative estimate of drug-likeness (QED) is 0.820. The van der Waals surface area contributed by atoms with E-state index >= 15 is 0 Å². The topological polar surface area (TPSA) is 51.2 Å². The van der Waals surface area contributed by atoms with Gasteiger partial charge < -0.3 is 10.1 Å². The summed E-state index contributed by atoms with van der Waals surface area (Å²) in [4.78, 5) is 14.9. The standard InChI is InChI=1S/C12H14F4N2O2/c1-7(2)20-9-8(4-3-5-17-9)6-18-11(19)12(15,16)10(13)14/h3-5,7,10H,6H2,1-2H3,(H,18,19). The van der Waals surface area contributed by atoms with E-state index < -0.39 is 18.3 Å². The number of ether oxygens (including phenoxy) is 1. The molecule has 0 saturated carbocycles. The van der Waals surface area contributed by atoms with Crippen molar-refractivity contribution >= 4 is 5.91 Å². The summed E-state index contributed by atoms with van der Waals surface area (Å²) in [5, 5.41) is 1.75. The second-order valence-electron chi connectivity index (χ2n) is 4.24. The first-order valence-corrected chi connectivity index (χ1v) is 5.80. The zero-order valence-corrected chi connectivity index (χ0v) is 10.9. The summed E-state index contributed by atoms with van der Waals surface area (Å²) in [6.07, 6.45) is -2.83. The summed E-state index contributed by atoms with van der Waals surface area (Å²) in [6.45, 7) is 3.10. The van der Waals surface area contributed by atoms with Gasteiger partial charge in [0, 0.05) is 18.3 Å². The largest absolute Gasteiger partial charge is 0.475 e. The van der Waals surface area contributed by atoms with E-state index in [1.165, 1.54) is 18.3 Å². The predicted molar refractivity (Wildman–Crippen MR) is 62.8 cm³/mol. The summed E-state index contributed by atoms with van der Waals surface area (Å²) >= 11 is 0. The minimum Gasteiger partial charge on any atom is -0.475 e. The number of nitrogens with one attached hydrogen (secondary N) is 1. The van der Waals surface area contributed by atoms with Crippen LogP contribution < -0.4 is 10.1 Å².